The summed E-state index contributed by atoms with van der Waals surface area (Å²) in [5.74, 6) is -0.855. The number of nitrogens with two attached hydrogens (primary N) is 1. The molecule has 4 N–H and O–H groups in total. The molecule has 0 radical (unpaired) electrons. The first-order valence-corrected chi connectivity index (χ1v) is 6.52. The first-order chi connectivity index (χ1) is 8.99. The van der Waals surface area contributed by atoms with Crippen molar-refractivity contribution >= 4 is 17.6 Å². The normalized spacial score (nSPS) is 21.3. The topological polar surface area (TPSA) is 108 Å². The van der Waals surface area contributed by atoms with Crippen LogP contribution in [0.5, 0.6) is 0 Å². The molecule has 1 fully saturated rings. The van der Waals surface area contributed by atoms with E-state index in [1.807, 2.05) is 6.92 Å². The summed E-state index contributed by atoms with van der Waals surface area (Å²) >= 11 is 0. The summed E-state index contributed by atoms with van der Waals surface area (Å²) in [7, 11) is 0. The standard InChI is InChI=1S/C12H22N4O3/c1-3-4-10(11(13)15-19)12(18)16-6-5-9(7-16)14-8(2)17/h9-10,19H,3-7H2,1-2H3,(H2,13,15)(H,14,17). The first kappa shape index (κ1) is 15.3. The third kappa shape index (κ3) is 4.11. The van der Waals surface area contributed by atoms with Crippen molar-refractivity contribution in [2.45, 2.75) is 39.2 Å². The number of amides is 2. The Morgan fingerprint density at radius 3 is 2.79 bits per heavy atom. The molecule has 0 aromatic heterocycles. The van der Waals surface area contributed by atoms with Gasteiger partial charge in [-0.1, -0.05) is 18.5 Å². The Kier molecular flexibility index (Phi) is 5.59. The smallest absolute Gasteiger partial charge is 0.233 e. The van der Waals surface area contributed by atoms with Crippen molar-refractivity contribution in [1.29, 1.82) is 0 Å². The summed E-state index contributed by atoms with van der Waals surface area (Å²) in [5.41, 5.74) is 5.57. The maximum absolute atomic E-state index is 12.3. The molecule has 1 saturated heterocycles. The van der Waals surface area contributed by atoms with E-state index in [4.69, 9.17) is 10.9 Å². The van der Waals surface area contributed by atoms with Gasteiger partial charge in [0, 0.05) is 26.1 Å². The van der Waals surface area contributed by atoms with Crippen molar-refractivity contribution in [3.05, 3.63) is 0 Å². The van der Waals surface area contributed by atoms with Gasteiger partial charge >= 0.3 is 0 Å². The second kappa shape index (κ2) is 6.96. The molecule has 1 aliphatic rings. The van der Waals surface area contributed by atoms with E-state index in [2.05, 4.69) is 10.5 Å². The number of carbonyl (C=O) groups excluding carboxylic acids is 2. The van der Waals surface area contributed by atoms with Crippen LogP contribution in [0.15, 0.2) is 5.16 Å². The van der Waals surface area contributed by atoms with Crippen LogP contribution in [-0.2, 0) is 9.59 Å². The Morgan fingerprint density at radius 2 is 2.26 bits per heavy atom. The minimum Gasteiger partial charge on any atom is -0.409 e. The number of amidine groups is 1. The molecule has 108 valence electrons. The van der Waals surface area contributed by atoms with E-state index in [-0.39, 0.29) is 23.7 Å². The molecule has 2 amide bonds. The van der Waals surface area contributed by atoms with Crippen molar-refractivity contribution in [2.75, 3.05) is 13.1 Å². The van der Waals surface area contributed by atoms with Crippen molar-refractivity contribution in [1.82, 2.24) is 10.2 Å². The van der Waals surface area contributed by atoms with Crippen molar-refractivity contribution in [3.8, 4) is 0 Å². The number of likely N-dealkylation sites (tertiary alicyclic amines) is 1. The van der Waals surface area contributed by atoms with Crippen LogP contribution in [0.4, 0.5) is 0 Å². The van der Waals surface area contributed by atoms with E-state index in [0.717, 1.165) is 12.8 Å². The van der Waals surface area contributed by atoms with E-state index in [1.54, 1.807) is 4.90 Å². The lowest BCUT2D eigenvalue weighted by Gasteiger charge is -2.22. The van der Waals surface area contributed by atoms with Gasteiger partial charge in [-0.3, -0.25) is 9.59 Å². The van der Waals surface area contributed by atoms with Gasteiger partial charge in [0.1, 0.15) is 0 Å². The highest BCUT2D eigenvalue weighted by Gasteiger charge is 2.32. The molecule has 2 unspecified atom stereocenters. The lowest BCUT2D eigenvalue weighted by molar-refractivity contribution is -0.132. The van der Waals surface area contributed by atoms with Gasteiger partial charge in [-0.2, -0.15) is 0 Å². The Morgan fingerprint density at radius 1 is 1.58 bits per heavy atom. The van der Waals surface area contributed by atoms with Crippen molar-refractivity contribution in [3.63, 3.8) is 0 Å². The van der Waals surface area contributed by atoms with Crippen molar-refractivity contribution < 1.29 is 14.8 Å². The molecule has 19 heavy (non-hydrogen) atoms. The second-order valence-corrected chi connectivity index (χ2v) is 4.84. The van der Waals surface area contributed by atoms with E-state index < -0.39 is 5.92 Å². The number of carbonyl (C=O) groups is 2. The Bertz CT molecular complexity index is 370. The molecule has 7 heteroatoms. The van der Waals surface area contributed by atoms with E-state index in [1.165, 1.54) is 6.92 Å². The Hall–Kier alpha value is -1.79. The molecule has 0 aromatic carbocycles. The monoisotopic (exact) mass is 270 g/mol. The molecule has 2 atom stereocenters. The van der Waals surface area contributed by atoms with Gasteiger partial charge < -0.3 is 21.2 Å². The van der Waals surface area contributed by atoms with E-state index in [9.17, 15) is 9.59 Å². The molecule has 1 aliphatic heterocycles. The predicted octanol–water partition coefficient (Wildman–Crippen LogP) is -0.114. The van der Waals surface area contributed by atoms with Gasteiger partial charge in [0.05, 0.1) is 5.92 Å². The van der Waals surface area contributed by atoms with Crippen LogP contribution in [0.2, 0.25) is 0 Å². The quantitative estimate of drug-likeness (QED) is 0.280. The van der Waals surface area contributed by atoms with Crippen LogP contribution in [0.1, 0.15) is 33.1 Å². The largest absolute Gasteiger partial charge is 0.409 e. The van der Waals surface area contributed by atoms with Gasteiger partial charge in [-0.25, -0.2) is 0 Å². The highest BCUT2D eigenvalue weighted by Crippen LogP contribution is 2.16. The van der Waals surface area contributed by atoms with Crippen molar-refractivity contribution in [2.24, 2.45) is 16.8 Å². The summed E-state index contributed by atoms with van der Waals surface area (Å²) in [4.78, 5) is 25.0. The number of hydrogen-bond acceptors (Lipinski definition) is 4. The molecule has 0 spiro atoms. The third-order valence-electron chi connectivity index (χ3n) is 3.26. The van der Waals surface area contributed by atoms with Gasteiger partial charge in [-0.05, 0) is 12.8 Å². The Balaban J connectivity index is 2.64. The van der Waals surface area contributed by atoms with Crippen LogP contribution in [0.3, 0.4) is 0 Å². The Labute approximate surface area is 112 Å². The highest BCUT2D eigenvalue weighted by atomic mass is 16.4. The van der Waals surface area contributed by atoms with Gasteiger partial charge in [-0.15, -0.1) is 0 Å². The zero-order chi connectivity index (χ0) is 14.4. The molecular formula is C12H22N4O3. The van der Waals surface area contributed by atoms with Crippen LogP contribution < -0.4 is 11.1 Å². The molecule has 7 nitrogen and oxygen atoms in total. The SMILES string of the molecule is CCCC(C(=O)N1CCC(NC(C)=O)C1)C(N)=NO. The number of oxime groups is 1. The summed E-state index contributed by atoms with van der Waals surface area (Å²) in [6.45, 7) is 4.47. The first-order valence-electron chi connectivity index (χ1n) is 6.52. The minimum atomic E-state index is -0.578. The minimum absolute atomic E-state index is 0.00369. The lowest BCUT2D eigenvalue weighted by atomic mass is 10.0. The van der Waals surface area contributed by atoms with E-state index >= 15 is 0 Å². The maximum atomic E-state index is 12.3. The summed E-state index contributed by atoms with van der Waals surface area (Å²) in [5, 5.41) is 14.5. The number of hydrogen-bond donors (Lipinski definition) is 3. The molecule has 0 saturated carbocycles. The second-order valence-electron chi connectivity index (χ2n) is 4.84. The maximum Gasteiger partial charge on any atom is 0.233 e. The van der Waals surface area contributed by atoms with Gasteiger partial charge in [0.15, 0.2) is 5.84 Å². The number of nitrogens with one attached hydrogen (secondary N) is 1. The lowest BCUT2D eigenvalue weighted by Crippen LogP contribution is -2.43. The average Bonchev–Trinajstić information content (AvgIpc) is 2.81. The van der Waals surface area contributed by atoms with E-state index in [0.29, 0.717) is 19.5 Å². The average molecular weight is 270 g/mol. The molecule has 0 bridgehead atoms. The van der Waals surface area contributed by atoms with Crippen LogP contribution >= 0.6 is 0 Å². The van der Waals surface area contributed by atoms with Crippen LogP contribution in [0.25, 0.3) is 0 Å². The zero-order valence-electron chi connectivity index (χ0n) is 11.4. The zero-order valence-corrected chi connectivity index (χ0v) is 11.4. The molecule has 1 rings (SSSR count). The van der Waals surface area contributed by atoms with Crippen LogP contribution in [0, 0.1) is 5.92 Å². The molecule has 0 aromatic rings. The highest BCUT2D eigenvalue weighted by molar-refractivity contribution is 6.02. The number of nitrogens with zero attached hydrogens (tertiary/aromatic N) is 2. The molecule has 0 aliphatic carbocycles. The molecule has 1 heterocycles. The van der Waals surface area contributed by atoms with Crippen LogP contribution in [-0.4, -0.2) is 46.9 Å². The summed E-state index contributed by atoms with van der Waals surface area (Å²) in [6.07, 6.45) is 2.06. The fraction of sp³-hybridized carbons (Fsp3) is 0.750. The summed E-state index contributed by atoms with van der Waals surface area (Å²) < 4.78 is 0. The van der Waals surface area contributed by atoms with Gasteiger partial charge in [0.25, 0.3) is 0 Å². The predicted molar refractivity (Wildman–Crippen MR) is 70.6 cm³/mol. The molecular weight excluding hydrogens is 248 g/mol. The fourth-order valence-corrected chi connectivity index (χ4v) is 2.34. The number of rotatable bonds is 5. The fourth-order valence-electron chi connectivity index (χ4n) is 2.34. The van der Waals surface area contributed by atoms with Gasteiger partial charge in [0.2, 0.25) is 11.8 Å². The summed E-state index contributed by atoms with van der Waals surface area (Å²) in [6, 6.07) is -0.00369. The third-order valence-corrected chi connectivity index (χ3v) is 3.26.